The maximum atomic E-state index is 14.2. The number of nitrogens with one attached hydrogen (secondary N) is 8. The smallest absolute Gasteiger partial charge is 0.326 e. The molecule has 4 aromatic heterocycles. The first-order valence-electron chi connectivity index (χ1n) is 18.3. The summed E-state index contributed by atoms with van der Waals surface area (Å²) in [5.41, 5.74) is 7.98. The zero-order valence-electron chi connectivity index (χ0n) is 31.0. The number of likely N-dealkylation sites (tertiary alicyclic amines) is 1. The van der Waals surface area contributed by atoms with Gasteiger partial charge in [0.15, 0.2) is 0 Å². The standard InChI is InChI=1S/C35H48N14O7/c1-19(2)6-28(34(54)49-5-3-4-29(49)35(55)56)48-33(53)27(10-23-14-40-18-44-23)47-32(52)26(9-22-13-39-17-43-22)46-31(51)25(8-21-12-38-16-42-21)45-30(50)24(36)7-20-11-37-15-41-20/h11-19,24-29H,3-10,36H2,1-2H3,(H,37,41)(H,38,42)(H,39,43)(H,40,44)(H,45,50)(H,46,51)(H,47,52)(H,48,53)(H,55,56)/t24-,25-,26-,27-,28-,29-/m0/s1. The Morgan fingerprint density at radius 1 is 0.679 bits per heavy atom. The van der Waals surface area contributed by atoms with E-state index in [1.165, 1.54) is 30.2 Å². The molecule has 1 fully saturated rings. The fourth-order valence-electron chi connectivity index (χ4n) is 6.46. The van der Waals surface area contributed by atoms with Crippen molar-refractivity contribution in [2.24, 2.45) is 11.7 Å². The van der Waals surface area contributed by atoms with Gasteiger partial charge in [-0.3, -0.25) is 24.0 Å². The molecule has 21 nitrogen and oxygen atoms in total. The van der Waals surface area contributed by atoms with Crippen molar-refractivity contribution in [1.29, 1.82) is 0 Å². The maximum absolute atomic E-state index is 14.2. The molecule has 0 spiro atoms. The number of carbonyl (C=O) groups excluding carboxylic acids is 5. The molecule has 4 aromatic rings. The van der Waals surface area contributed by atoms with Crippen molar-refractivity contribution in [3.63, 3.8) is 0 Å². The molecule has 1 saturated heterocycles. The van der Waals surface area contributed by atoms with Gasteiger partial charge in [-0.05, 0) is 25.2 Å². The van der Waals surface area contributed by atoms with Crippen molar-refractivity contribution >= 4 is 35.5 Å². The minimum absolute atomic E-state index is 0.0534. The summed E-state index contributed by atoms with van der Waals surface area (Å²) in [6, 6.07) is -6.97. The number of rotatable bonds is 20. The van der Waals surface area contributed by atoms with Crippen LogP contribution in [0.25, 0.3) is 0 Å². The summed E-state index contributed by atoms with van der Waals surface area (Å²) in [5.74, 6) is -4.57. The van der Waals surface area contributed by atoms with Crippen molar-refractivity contribution in [1.82, 2.24) is 66.0 Å². The van der Waals surface area contributed by atoms with Crippen LogP contribution >= 0.6 is 0 Å². The highest BCUT2D eigenvalue weighted by atomic mass is 16.4. The lowest BCUT2D eigenvalue weighted by Crippen LogP contribution is -2.60. The number of H-pyrrole nitrogens is 4. The number of amides is 5. The lowest BCUT2D eigenvalue weighted by molar-refractivity contribution is -0.149. The van der Waals surface area contributed by atoms with Crippen LogP contribution < -0.4 is 27.0 Å². The zero-order chi connectivity index (χ0) is 40.2. The summed E-state index contributed by atoms with van der Waals surface area (Å²) < 4.78 is 0. The van der Waals surface area contributed by atoms with Crippen LogP contribution in [0.15, 0.2) is 50.1 Å². The van der Waals surface area contributed by atoms with E-state index in [1.54, 1.807) is 24.8 Å². The van der Waals surface area contributed by atoms with Gasteiger partial charge in [-0.2, -0.15) is 0 Å². The highest BCUT2D eigenvalue weighted by molar-refractivity contribution is 5.96. The van der Waals surface area contributed by atoms with E-state index in [0.29, 0.717) is 35.6 Å². The number of aliphatic carboxylic acids is 1. The van der Waals surface area contributed by atoms with Crippen LogP contribution in [0.3, 0.4) is 0 Å². The molecule has 21 heteroatoms. The van der Waals surface area contributed by atoms with Crippen LogP contribution in [0.5, 0.6) is 0 Å². The van der Waals surface area contributed by atoms with Gasteiger partial charge in [-0.25, -0.2) is 24.7 Å². The number of imidazole rings is 4. The Hall–Kier alpha value is -6.38. The van der Waals surface area contributed by atoms with Crippen LogP contribution in [-0.4, -0.2) is 128 Å². The number of carboxylic acids is 1. The molecule has 5 amide bonds. The maximum Gasteiger partial charge on any atom is 0.326 e. The highest BCUT2D eigenvalue weighted by Crippen LogP contribution is 2.20. The van der Waals surface area contributed by atoms with E-state index in [-0.39, 0.29) is 44.6 Å². The quantitative estimate of drug-likeness (QED) is 0.0477. The zero-order valence-corrected chi connectivity index (χ0v) is 31.0. The predicted octanol–water partition coefficient (Wildman–Crippen LogP) is -1.76. The van der Waals surface area contributed by atoms with Crippen molar-refractivity contribution in [2.45, 2.75) is 95.0 Å². The molecule has 56 heavy (non-hydrogen) atoms. The predicted molar refractivity (Wildman–Crippen MR) is 197 cm³/mol. The number of aromatic nitrogens is 8. The lowest BCUT2D eigenvalue weighted by atomic mass is 10.0. The number of carbonyl (C=O) groups is 6. The average molecular weight is 777 g/mol. The van der Waals surface area contributed by atoms with Crippen LogP contribution in [0.1, 0.15) is 55.9 Å². The van der Waals surface area contributed by atoms with Gasteiger partial charge in [-0.15, -0.1) is 0 Å². The molecule has 5 heterocycles. The Labute approximate surface area is 321 Å². The van der Waals surface area contributed by atoms with Crippen LogP contribution in [-0.2, 0) is 54.5 Å². The summed E-state index contributed by atoms with van der Waals surface area (Å²) in [7, 11) is 0. The van der Waals surface area contributed by atoms with Crippen molar-refractivity contribution in [3.05, 3.63) is 72.9 Å². The van der Waals surface area contributed by atoms with Crippen molar-refractivity contribution in [2.75, 3.05) is 6.54 Å². The Bertz CT molecular complexity index is 1880. The van der Waals surface area contributed by atoms with E-state index < -0.39 is 71.8 Å². The molecule has 6 atom stereocenters. The van der Waals surface area contributed by atoms with Gasteiger partial charge in [0.1, 0.15) is 30.2 Å². The highest BCUT2D eigenvalue weighted by Gasteiger charge is 2.39. The number of nitrogens with two attached hydrogens (primary N) is 1. The Morgan fingerprint density at radius 2 is 1.07 bits per heavy atom. The fraction of sp³-hybridized carbons (Fsp3) is 0.486. The third-order valence-electron chi connectivity index (χ3n) is 9.27. The number of carboxylic acid groups (broad SMARTS) is 1. The second-order valence-electron chi connectivity index (χ2n) is 14.1. The Balaban J connectivity index is 1.36. The number of nitrogens with zero attached hydrogens (tertiary/aromatic N) is 5. The largest absolute Gasteiger partial charge is 0.480 e. The summed E-state index contributed by atoms with van der Waals surface area (Å²) in [6.07, 6.45) is 12.8. The molecule has 0 aromatic carbocycles. The molecular formula is C35H48N14O7. The Kier molecular flexibility index (Phi) is 14.0. The minimum Gasteiger partial charge on any atom is -0.480 e. The third kappa shape index (κ3) is 11.3. The molecule has 0 saturated carbocycles. The molecule has 5 rings (SSSR count). The van der Waals surface area contributed by atoms with Gasteiger partial charge in [0, 0.05) is 57.0 Å². The summed E-state index contributed by atoms with van der Waals surface area (Å²) in [4.78, 5) is 110. The van der Waals surface area contributed by atoms with Gasteiger partial charge in [0.05, 0.1) is 54.1 Å². The van der Waals surface area contributed by atoms with E-state index in [0.717, 1.165) is 0 Å². The molecule has 1 aliphatic heterocycles. The molecule has 0 unspecified atom stereocenters. The van der Waals surface area contributed by atoms with Crippen LogP contribution in [0.4, 0.5) is 0 Å². The van der Waals surface area contributed by atoms with E-state index in [2.05, 4.69) is 61.1 Å². The third-order valence-corrected chi connectivity index (χ3v) is 9.27. The summed E-state index contributed by atoms with van der Waals surface area (Å²) in [5, 5.41) is 20.6. The monoisotopic (exact) mass is 776 g/mol. The topological polar surface area (TPSA) is 315 Å². The van der Waals surface area contributed by atoms with Crippen LogP contribution in [0, 0.1) is 5.92 Å². The number of aromatic amines is 4. The van der Waals surface area contributed by atoms with Crippen molar-refractivity contribution in [3.8, 4) is 0 Å². The normalized spacial score (nSPS) is 16.7. The van der Waals surface area contributed by atoms with Gasteiger partial charge >= 0.3 is 5.97 Å². The molecule has 0 radical (unpaired) electrons. The molecule has 0 bridgehead atoms. The Morgan fingerprint density at radius 3 is 1.45 bits per heavy atom. The lowest BCUT2D eigenvalue weighted by Gasteiger charge is -2.30. The average Bonchev–Trinajstić information content (AvgIpc) is 4.01. The van der Waals surface area contributed by atoms with Crippen LogP contribution in [0.2, 0.25) is 0 Å². The van der Waals surface area contributed by atoms with E-state index in [9.17, 15) is 33.9 Å². The molecule has 11 N–H and O–H groups in total. The molecular weight excluding hydrogens is 728 g/mol. The summed E-state index contributed by atoms with van der Waals surface area (Å²) >= 11 is 0. The first-order valence-corrected chi connectivity index (χ1v) is 18.3. The van der Waals surface area contributed by atoms with E-state index in [4.69, 9.17) is 5.73 Å². The first-order chi connectivity index (χ1) is 26.9. The van der Waals surface area contributed by atoms with E-state index >= 15 is 0 Å². The second-order valence-corrected chi connectivity index (χ2v) is 14.1. The fourth-order valence-corrected chi connectivity index (χ4v) is 6.46. The van der Waals surface area contributed by atoms with Gasteiger partial charge < -0.3 is 56.9 Å². The van der Waals surface area contributed by atoms with Gasteiger partial charge in [0.25, 0.3) is 0 Å². The second kappa shape index (κ2) is 19.3. The molecule has 300 valence electrons. The van der Waals surface area contributed by atoms with E-state index in [1.807, 2.05) is 13.8 Å². The molecule has 1 aliphatic rings. The number of hydrogen-bond donors (Lipinski definition) is 10. The van der Waals surface area contributed by atoms with Gasteiger partial charge in [0.2, 0.25) is 29.5 Å². The first kappa shape index (κ1) is 40.8. The molecule has 0 aliphatic carbocycles. The minimum atomic E-state index is -1.31. The summed E-state index contributed by atoms with van der Waals surface area (Å²) in [6.45, 7) is 3.97. The SMILES string of the molecule is CC(C)C[C@H](NC(=O)[C@H](Cc1c[nH]cn1)NC(=O)[C@H](Cc1c[nH]cn1)NC(=O)[C@H](Cc1c[nH]cn1)NC(=O)[C@@H](N)Cc1c[nH]cn1)C(=O)N1CCC[C@H]1C(=O)O. The van der Waals surface area contributed by atoms with Gasteiger partial charge in [-0.1, -0.05) is 13.8 Å². The number of hydrogen-bond acceptors (Lipinski definition) is 11. The van der Waals surface area contributed by atoms with Crippen molar-refractivity contribution < 1.29 is 33.9 Å².